The molecule has 0 atom stereocenters. The van der Waals surface area contributed by atoms with Gasteiger partial charge in [-0.15, -0.1) is 0 Å². The highest BCUT2D eigenvalue weighted by molar-refractivity contribution is 6.31. The lowest BCUT2D eigenvalue weighted by Crippen LogP contribution is -2.07. The molecule has 0 unspecified atom stereocenters. The summed E-state index contributed by atoms with van der Waals surface area (Å²) in [5.74, 6) is 0.570. The standard InChI is InChI=1S/C23H17ClN2O4/c1-13-3-4-16(11-19(13)24)21-10-9-18(29-21)12-20-23(28)30-22(26-20)15-5-7-17(8-6-15)25-14(2)27/h3-12H,1-2H3,(H,25,27). The van der Waals surface area contributed by atoms with Gasteiger partial charge in [-0.25, -0.2) is 9.79 Å². The molecule has 0 bridgehead atoms. The van der Waals surface area contributed by atoms with E-state index in [2.05, 4.69) is 10.3 Å². The molecule has 1 aliphatic rings. The number of cyclic esters (lactones) is 1. The van der Waals surface area contributed by atoms with E-state index in [1.807, 2.05) is 25.1 Å². The first-order chi connectivity index (χ1) is 14.4. The highest BCUT2D eigenvalue weighted by atomic mass is 35.5. The van der Waals surface area contributed by atoms with Crippen molar-refractivity contribution < 1.29 is 18.7 Å². The Morgan fingerprint density at radius 2 is 1.80 bits per heavy atom. The molecular formula is C23H17ClN2O4. The predicted molar refractivity (Wildman–Crippen MR) is 115 cm³/mol. The minimum Gasteiger partial charge on any atom is -0.457 e. The van der Waals surface area contributed by atoms with E-state index in [0.717, 1.165) is 11.1 Å². The summed E-state index contributed by atoms with van der Waals surface area (Å²) < 4.78 is 11.1. The zero-order valence-electron chi connectivity index (χ0n) is 16.2. The number of ether oxygens (including phenoxy) is 1. The van der Waals surface area contributed by atoms with Crippen LogP contribution in [0.15, 0.2) is 69.7 Å². The first-order valence-corrected chi connectivity index (χ1v) is 9.54. The van der Waals surface area contributed by atoms with E-state index in [0.29, 0.717) is 27.8 Å². The molecule has 1 amide bonds. The van der Waals surface area contributed by atoms with Crippen LogP contribution in [0.4, 0.5) is 5.69 Å². The van der Waals surface area contributed by atoms with E-state index >= 15 is 0 Å². The van der Waals surface area contributed by atoms with Crippen molar-refractivity contribution in [3.05, 3.63) is 82.2 Å². The second kappa shape index (κ2) is 8.00. The monoisotopic (exact) mass is 420 g/mol. The van der Waals surface area contributed by atoms with Crippen LogP contribution in [0, 0.1) is 6.92 Å². The topological polar surface area (TPSA) is 80.9 Å². The predicted octanol–water partition coefficient (Wildman–Crippen LogP) is 5.21. The molecule has 4 rings (SSSR count). The number of halogens is 1. The number of hydrogen-bond donors (Lipinski definition) is 1. The highest BCUT2D eigenvalue weighted by Gasteiger charge is 2.24. The van der Waals surface area contributed by atoms with Crippen molar-refractivity contribution in [1.29, 1.82) is 0 Å². The molecule has 1 N–H and O–H groups in total. The van der Waals surface area contributed by atoms with E-state index in [4.69, 9.17) is 20.8 Å². The fraction of sp³-hybridized carbons (Fsp3) is 0.0870. The smallest absolute Gasteiger partial charge is 0.363 e. The van der Waals surface area contributed by atoms with Gasteiger partial charge in [-0.05, 0) is 55.0 Å². The Balaban J connectivity index is 1.56. The van der Waals surface area contributed by atoms with Crippen LogP contribution < -0.4 is 5.32 Å². The van der Waals surface area contributed by atoms with Gasteiger partial charge in [0.1, 0.15) is 11.5 Å². The van der Waals surface area contributed by atoms with Crippen LogP contribution in [0.5, 0.6) is 0 Å². The highest BCUT2D eigenvalue weighted by Crippen LogP contribution is 2.28. The molecule has 0 radical (unpaired) electrons. The summed E-state index contributed by atoms with van der Waals surface area (Å²) >= 11 is 6.18. The maximum Gasteiger partial charge on any atom is 0.363 e. The SMILES string of the molecule is CC(=O)Nc1ccc(C2=NC(=Cc3ccc(-c4ccc(C)c(Cl)c4)o3)C(=O)O2)cc1. The molecule has 0 spiro atoms. The van der Waals surface area contributed by atoms with Crippen LogP contribution in [-0.4, -0.2) is 17.8 Å². The Morgan fingerprint density at radius 1 is 1.07 bits per heavy atom. The van der Waals surface area contributed by atoms with Gasteiger partial charge in [-0.3, -0.25) is 4.79 Å². The first-order valence-electron chi connectivity index (χ1n) is 9.16. The van der Waals surface area contributed by atoms with E-state index in [-0.39, 0.29) is 17.5 Å². The van der Waals surface area contributed by atoms with Gasteiger partial charge in [0.15, 0.2) is 5.70 Å². The number of rotatable bonds is 4. The van der Waals surface area contributed by atoms with Crippen molar-refractivity contribution >= 4 is 41.1 Å². The maximum absolute atomic E-state index is 12.2. The zero-order valence-corrected chi connectivity index (χ0v) is 17.0. The Hall–Kier alpha value is -3.64. The van der Waals surface area contributed by atoms with Crippen LogP contribution in [-0.2, 0) is 14.3 Å². The summed E-state index contributed by atoms with van der Waals surface area (Å²) in [7, 11) is 0. The number of furan rings is 1. The third-order valence-corrected chi connectivity index (χ3v) is 4.84. The number of nitrogens with zero attached hydrogens (tertiary/aromatic N) is 1. The van der Waals surface area contributed by atoms with Crippen LogP contribution >= 0.6 is 11.6 Å². The molecule has 2 aromatic carbocycles. The largest absolute Gasteiger partial charge is 0.457 e. The number of anilines is 1. The molecular weight excluding hydrogens is 404 g/mol. The second-order valence-electron chi connectivity index (χ2n) is 6.76. The van der Waals surface area contributed by atoms with Gasteiger partial charge in [0, 0.05) is 34.8 Å². The van der Waals surface area contributed by atoms with Gasteiger partial charge >= 0.3 is 5.97 Å². The van der Waals surface area contributed by atoms with Gasteiger partial charge in [0.05, 0.1) is 0 Å². The van der Waals surface area contributed by atoms with E-state index in [9.17, 15) is 9.59 Å². The van der Waals surface area contributed by atoms with Crippen LogP contribution in [0.1, 0.15) is 23.8 Å². The van der Waals surface area contributed by atoms with Crippen molar-refractivity contribution in [1.82, 2.24) is 0 Å². The van der Waals surface area contributed by atoms with E-state index in [1.165, 1.54) is 13.0 Å². The van der Waals surface area contributed by atoms with Gasteiger partial charge in [-0.1, -0.05) is 23.7 Å². The van der Waals surface area contributed by atoms with Crippen molar-refractivity contribution in [3.8, 4) is 11.3 Å². The molecule has 3 aromatic rings. The lowest BCUT2D eigenvalue weighted by Gasteiger charge is -2.03. The summed E-state index contributed by atoms with van der Waals surface area (Å²) in [6, 6.07) is 16.1. The van der Waals surface area contributed by atoms with Crippen molar-refractivity contribution in [2.24, 2.45) is 4.99 Å². The molecule has 1 aliphatic heterocycles. The average Bonchev–Trinajstić information content (AvgIpc) is 3.32. The molecule has 30 heavy (non-hydrogen) atoms. The van der Waals surface area contributed by atoms with Gasteiger partial charge in [0.2, 0.25) is 11.8 Å². The summed E-state index contributed by atoms with van der Waals surface area (Å²) in [5.41, 5.74) is 3.23. The lowest BCUT2D eigenvalue weighted by atomic mass is 10.1. The normalized spacial score (nSPS) is 14.6. The fourth-order valence-corrected chi connectivity index (χ4v) is 3.08. The Kier molecular flexibility index (Phi) is 5.25. The molecule has 7 heteroatoms. The van der Waals surface area contributed by atoms with Crippen molar-refractivity contribution in [2.75, 3.05) is 5.32 Å². The third-order valence-electron chi connectivity index (χ3n) is 4.43. The van der Waals surface area contributed by atoms with Crippen LogP contribution in [0.2, 0.25) is 5.02 Å². The van der Waals surface area contributed by atoms with Gasteiger partial charge < -0.3 is 14.5 Å². The fourth-order valence-electron chi connectivity index (χ4n) is 2.90. The molecule has 0 aliphatic carbocycles. The van der Waals surface area contributed by atoms with E-state index < -0.39 is 5.97 Å². The number of aryl methyl sites for hydroxylation is 1. The second-order valence-corrected chi connectivity index (χ2v) is 7.17. The number of carbonyl (C=O) groups excluding carboxylic acids is 2. The van der Waals surface area contributed by atoms with Crippen LogP contribution in [0.25, 0.3) is 17.4 Å². The summed E-state index contributed by atoms with van der Waals surface area (Å²) in [4.78, 5) is 27.6. The molecule has 1 aromatic heterocycles. The Bertz CT molecular complexity index is 1210. The molecule has 2 heterocycles. The maximum atomic E-state index is 12.2. The molecule has 6 nitrogen and oxygen atoms in total. The molecule has 150 valence electrons. The van der Waals surface area contributed by atoms with Gasteiger partial charge in [-0.2, -0.15) is 0 Å². The van der Waals surface area contributed by atoms with Crippen molar-refractivity contribution in [2.45, 2.75) is 13.8 Å². The van der Waals surface area contributed by atoms with E-state index in [1.54, 1.807) is 36.4 Å². The number of carbonyl (C=O) groups is 2. The minimum atomic E-state index is -0.563. The number of benzene rings is 2. The Labute approximate surface area is 177 Å². The number of amides is 1. The molecule has 0 saturated carbocycles. The quantitative estimate of drug-likeness (QED) is 0.464. The van der Waals surface area contributed by atoms with Gasteiger partial charge in [0.25, 0.3) is 0 Å². The summed E-state index contributed by atoms with van der Waals surface area (Å²) in [6.07, 6.45) is 1.53. The average molecular weight is 421 g/mol. The molecule has 0 fully saturated rings. The van der Waals surface area contributed by atoms with Crippen LogP contribution in [0.3, 0.4) is 0 Å². The number of aliphatic imine (C=N–C) groups is 1. The Morgan fingerprint density at radius 3 is 2.50 bits per heavy atom. The lowest BCUT2D eigenvalue weighted by molar-refractivity contribution is -0.130. The number of hydrogen-bond acceptors (Lipinski definition) is 5. The summed E-state index contributed by atoms with van der Waals surface area (Å²) in [5, 5.41) is 3.33. The zero-order chi connectivity index (χ0) is 21.3. The van der Waals surface area contributed by atoms with Crippen molar-refractivity contribution in [3.63, 3.8) is 0 Å². The number of esters is 1. The first kappa shape index (κ1) is 19.7. The number of nitrogens with one attached hydrogen (secondary N) is 1. The minimum absolute atomic E-state index is 0.138. The third kappa shape index (κ3) is 4.18. The molecule has 0 saturated heterocycles. The summed E-state index contributed by atoms with van der Waals surface area (Å²) in [6.45, 7) is 3.36.